The van der Waals surface area contributed by atoms with Crippen molar-refractivity contribution in [1.82, 2.24) is 19.9 Å². The number of hydrogen-bond acceptors (Lipinski definition) is 9. The monoisotopic (exact) mass is 456 g/mol. The summed E-state index contributed by atoms with van der Waals surface area (Å²) < 4.78 is 0. The number of nitro benzene ring substituents is 1. The second-order valence-electron chi connectivity index (χ2n) is 8.27. The van der Waals surface area contributed by atoms with Crippen molar-refractivity contribution in [2.75, 3.05) is 41.3 Å². The van der Waals surface area contributed by atoms with E-state index in [1.807, 2.05) is 6.07 Å². The number of anilines is 4. The van der Waals surface area contributed by atoms with Crippen LogP contribution in [-0.2, 0) is 0 Å². The molecule has 4 aromatic rings. The highest BCUT2D eigenvalue weighted by Gasteiger charge is 2.22. The minimum absolute atomic E-state index is 0.0943. The van der Waals surface area contributed by atoms with E-state index in [1.165, 1.54) is 23.3 Å². The molecule has 1 fully saturated rings. The van der Waals surface area contributed by atoms with Gasteiger partial charge >= 0.3 is 0 Å². The van der Waals surface area contributed by atoms with Crippen LogP contribution in [0.15, 0.2) is 54.9 Å². The first-order valence-corrected chi connectivity index (χ1v) is 11.1. The largest absolute Gasteiger partial charge is 0.368 e. The number of aromatic nitrogens is 4. The van der Waals surface area contributed by atoms with Crippen LogP contribution < -0.4 is 15.1 Å². The Morgan fingerprint density at radius 3 is 2.29 bits per heavy atom. The third-order valence-corrected chi connectivity index (χ3v) is 6.08. The van der Waals surface area contributed by atoms with E-state index < -0.39 is 0 Å². The molecule has 1 saturated heterocycles. The first kappa shape index (κ1) is 21.5. The lowest BCUT2D eigenvalue weighted by Gasteiger charge is -2.36. The molecule has 0 aliphatic carbocycles. The van der Waals surface area contributed by atoms with Crippen LogP contribution in [0.3, 0.4) is 0 Å². The number of non-ortho nitro benzene ring substituents is 1. The van der Waals surface area contributed by atoms with Gasteiger partial charge in [-0.15, -0.1) is 0 Å². The summed E-state index contributed by atoms with van der Waals surface area (Å²) in [6, 6.07) is 12.8. The minimum Gasteiger partial charge on any atom is -0.368 e. The van der Waals surface area contributed by atoms with Gasteiger partial charge in [0.2, 0.25) is 5.95 Å². The zero-order valence-corrected chi connectivity index (χ0v) is 19.0. The van der Waals surface area contributed by atoms with Crippen molar-refractivity contribution in [1.29, 1.82) is 0 Å². The van der Waals surface area contributed by atoms with Crippen LogP contribution in [-0.4, -0.2) is 51.0 Å². The molecule has 10 nitrogen and oxygen atoms in total. The summed E-state index contributed by atoms with van der Waals surface area (Å²) in [6.45, 7) is 7.09. The normalized spacial score (nSPS) is 13.8. The molecule has 5 rings (SSSR count). The van der Waals surface area contributed by atoms with E-state index >= 15 is 0 Å². The second kappa shape index (κ2) is 8.89. The molecule has 1 aliphatic heterocycles. The summed E-state index contributed by atoms with van der Waals surface area (Å²) >= 11 is 0. The van der Waals surface area contributed by atoms with Crippen molar-refractivity contribution >= 4 is 40.0 Å². The van der Waals surface area contributed by atoms with Crippen LogP contribution >= 0.6 is 0 Å². The van der Waals surface area contributed by atoms with Gasteiger partial charge in [0.1, 0.15) is 0 Å². The second-order valence-corrected chi connectivity index (χ2v) is 8.27. The molecule has 2 aromatic heterocycles. The van der Waals surface area contributed by atoms with Gasteiger partial charge in [-0.05, 0) is 49.2 Å². The van der Waals surface area contributed by atoms with E-state index in [1.54, 1.807) is 24.5 Å². The number of hydrogen-bond donors (Lipinski definition) is 1. The average molecular weight is 457 g/mol. The Labute approximate surface area is 196 Å². The minimum atomic E-state index is -0.384. The Morgan fingerprint density at radius 1 is 0.882 bits per heavy atom. The van der Waals surface area contributed by atoms with Gasteiger partial charge in [0.05, 0.1) is 4.92 Å². The maximum atomic E-state index is 10.9. The summed E-state index contributed by atoms with van der Waals surface area (Å²) in [4.78, 5) is 33.2. The zero-order chi connectivity index (χ0) is 23.7. The third-order valence-electron chi connectivity index (χ3n) is 6.08. The lowest BCUT2D eigenvalue weighted by atomic mass is 10.1. The van der Waals surface area contributed by atoms with Gasteiger partial charge in [-0.3, -0.25) is 10.1 Å². The highest BCUT2D eigenvalue weighted by molar-refractivity contribution is 5.85. The summed E-state index contributed by atoms with van der Waals surface area (Å²) in [5, 5.41) is 14.3. The first-order chi connectivity index (χ1) is 16.5. The third kappa shape index (κ3) is 4.29. The fourth-order valence-electron chi connectivity index (χ4n) is 3.99. The maximum absolute atomic E-state index is 10.9. The number of nitro groups is 1. The lowest BCUT2D eigenvalue weighted by molar-refractivity contribution is -0.384. The fourth-order valence-corrected chi connectivity index (χ4v) is 3.99. The Balaban J connectivity index is 1.37. The smallest absolute Gasteiger partial charge is 0.269 e. The Kier molecular flexibility index (Phi) is 5.62. The quantitative estimate of drug-likeness (QED) is 0.351. The van der Waals surface area contributed by atoms with Crippen molar-refractivity contribution in [3.63, 3.8) is 0 Å². The fraction of sp³-hybridized carbons (Fsp3) is 0.250. The molecule has 34 heavy (non-hydrogen) atoms. The average Bonchev–Trinajstić information content (AvgIpc) is 2.86. The van der Waals surface area contributed by atoms with E-state index in [0.29, 0.717) is 36.0 Å². The van der Waals surface area contributed by atoms with Crippen LogP contribution in [0.2, 0.25) is 0 Å². The van der Waals surface area contributed by atoms with Crippen LogP contribution in [0.1, 0.15) is 11.1 Å². The predicted molar refractivity (Wildman–Crippen MR) is 132 cm³/mol. The Bertz CT molecular complexity index is 1350. The molecule has 0 spiro atoms. The molecule has 0 atom stereocenters. The van der Waals surface area contributed by atoms with Crippen LogP contribution in [0, 0.1) is 24.0 Å². The summed E-state index contributed by atoms with van der Waals surface area (Å²) in [7, 11) is 0. The Morgan fingerprint density at radius 2 is 1.59 bits per heavy atom. The highest BCUT2D eigenvalue weighted by Crippen LogP contribution is 2.26. The molecular formula is C24H24N8O2. The zero-order valence-electron chi connectivity index (χ0n) is 19.0. The van der Waals surface area contributed by atoms with Gasteiger partial charge < -0.3 is 15.1 Å². The van der Waals surface area contributed by atoms with Crippen LogP contribution in [0.25, 0.3) is 11.2 Å². The van der Waals surface area contributed by atoms with E-state index in [9.17, 15) is 10.1 Å². The molecule has 0 amide bonds. The molecule has 10 heteroatoms. The van der Waals surface area contributed by atoms with Crippen molar-refractivity contribution < 1.29 is 4.92 Å². The molecule has 1 N–H and O–H groups in total. The predicted octanol–water partition coefficient (Wildman–Crippen LogP) is 4.02. The highest BCUT2D eigenvalue weighted by atomic mass is 16.6. The number of nitrogens with zero attached hydrogens (tertiary/aromatic N) is 7. The van der Waals surface area contributed by atoms with Gasteiger partial charge in [-0.2, -0.15) is 9.97 Å². The van der Waals surface area contributed by atoms with Gasteiger partial charge in [0.25, 0.3) is 5.69 Å². The first-order valence-electron chi connectivity index (χ1n) is 11.1. The molecule has 0 saturated carbocycles. The van der Waals surface area contributed by atoms with Gasteiger partial charge in [-0.1, -0.05) is 6.07 Å². The molecule has 0 bridgehead atoms. The van der Waals surface area contributed by atoms with Gasteiger partial charge in [0, 0.05) is 62.1 Å². The standard InChI is InChI=1S/C24H24N8O2/c1-16-3-4-18(15-17(16)2)27-23-21-22(26-10-9-25-21)28-24(29-23)31-13-11-30(12-14-31)19-5-7-20(8-6-19)32(33)34/h3-10,15H,11-14H2,1-2H3,(H,26,27,28,29). The molecule has 0 radical (unpaired) electrons. The van der Waals surface area contributed by atoms with E-state index in [0.717, 1.165) is 24.5 Å². The topological polar surface area (TPSA) is 113 Å². The van der Waals surface area contributed by atoms with Gasteiger partial charge in [0.15, 0.2) is 17.0 Å². The lowest BCUT2D eigenvalue weighted by Crippen LogP contribution is -2.47. The van der Waals surface area contributed by atoms with Crippen molar-refractivity contribution in [3.05, 3.63) is 76.1 Å². The molecular weight excluding hydrogens is 432 g/mol. The van der Waals surface area contributed by atoms with E-state index in [-0.39, 0.29) is 10.6 Å². The number of piperazine rings is 1. The molecule has 2 aromatic carbocycles. The molecule has 0 unspecified atom stereocenters. The van der Waals surface area contributed by atoms with Crippen LogP contribution in [0.5, 0.6) is 0 Å². The van der Waals surface area contributed by atoms with Crippen molar-refractivity contribution in [2.24, 2.45) is 0 Å². The van der Waals surface area contributed by atoms with Gasteiger partial charge in [-0.25, -0.2) is 9.97 Å². The van der Waals surface area contributed by atoms with E-state index in [4.69, 9.17) is 4.98 Å². The van der Waals surface area contributed by atoms with Crippen molar-refractivity contribution in [2.45, 2.75) is 13.8 Å². The summed E-state index contributed by atoms with van der Waals surface area (Å²) in [5.74, 6) is 1.22. The molecule has 3 heterocycles. The molecule has 172 valence electrons. The molecule has 1 aliphatic rings. The number of aryl methyl sites for hydroxylation is 2. The van der Waals surface area contributed by atoms with E-state index in [2.05, 4.69) is 56.0 Å². The number of benzene rings is 2. The number of rotatable bonds is 5. The summed E-state index contributed by atoms with van der Waals surface area (Å²) in [6.07, 6.45) is 3.27. The number of fused-ring (bicyclic) bond motifs is 1. The Hall–Kier alpha value is -4.34. The number of nitrogens with one attached hydrogen (secondary N) is 1. The van der Waals surface area contributed by atoms with Crippen LogP contribution in [0.4, 0.5) is 28.8 Å². The van der Waals surface area contributed by atoms with Crippen molar-refractivity contribution in [3.8, 4) is 0 Å². The maximum Gasteiger partial charge on any atom is 0.269 e. The SMILES string of the molecule is Cc1ccc(Nc2nc(N3CCN(c4ccc([N+](=O)[O-])cc4)CC3)nc3nccnc23)cc1C. The summed E-state index contributed by atoms with van der Waals surface area (Å²) in [5.41, 5.74) is 5.57.